The average molecular weight is 360 g/mol. The molecule has 0 bridgehead atoms. The zero-order chi connectivity index (χ0) is 19.6. The van der Waals surface area contributed by atoms with E-state index in [0.717, 1.165) is 0 Å². The molecule has 3 rings (SSSR count). The Morgan fingerprint density at radius 3 is 1.70 bits per heavy atom. The first-order chi connectivity index (χ1) is 13.3. The lowest BCUT2D eigenvalue weighted by Gasteiger charge is -2.11. The molecule has 0 saturated carbocycles. The molecule has 2 aromatic carbocycles. The molecule has 1 fully saturated rings. The normalized spacial score (nSPS) is 13.0. The van der Waals surface area contributed by atoms with E-state index in [0.29, 0.717) is 0 Å². The van der Waals surface area contributed by atoms with Gasteiger partial charge in [0.15, 0.2) is 0 Å². The quantitative estimate of drug-likeness (QED) is 0.508. The van der Waals surface area contributed by atoms with Crippen LogP contribution in [0.1, 0.15) is 30.4 Å². The van der Waals surface area contributed by atoms with E-state index in [4.69, 9.17) is 0 Å². The van der Waals surface area contributed by atoms with Crippen molar-refractivity contribution in [2.24, 2.45) is 0 Å². The first kappa shape index (κ1) is 22.4. The van der Waals surface area contributed by atoms with Gasteiger partial charge in [-0.3, -0.25) is 0 Å². The SMILES string of the molecule is C(=Cc1ccccc1)CCN1CCCC1.C=CC=C.C=Cc1ccccc1. The predicted molar refractivity (Wildman–Crippen MR) is 123 cm³/mol. The van der Waals surface area contributed by atoms with E-state index >= 15 is 0 Å². The van der Waals surface area contributed by atoms with Gasteiger partial charge in [0.25, 0.3) is 0 Å². The summed E-state index contributed by atoms with van der Waals surface area (Å²) in [7, 11) is 0. The van der Waals surface area contributed by atoms with Gasteiger partial charge in [-0.1, -0.05) is 111 Å². The van der Waals surface area contributed by atoms with E-state index in [2.05, 4.69) is 67.1 Å². The summed E-state index contributed by atoms with van der Waals surface area (Å²) in [6.07, 6.45) is 13.6. The number of nitrogens with zero attached hydrogens (tertiary/aromatic N) is 1. The Hall–Kier alpha value is -2.64. The van der Waals surface area contributed by atoms with Gasteiger partial charge in [0.1, 0.15) is 0 Å². The lowest BCUT2D eigenvalue weighted by molar-refractivity contribution is 0.346. The second-order valence-corrected chi connectivity index (χ2v) is 6.24. The summed E-state index contributed by atoms with van der Waals surface area (Å²) in [5.41, 5.74) is 2.48. The predicted octanol–water partition coefficient (Wildman–Crippen LogP) is 6.87. The third kappa shape index (κ3) is 11.6. The summed E-state index contributed by atoms with van der Waals surface area (Å²) < 4.78 is 0. The Labute approximate surface area is 166 Å². The zero-order valence-corrected chi connectivity index (χ0v) is 16.5. The second kappa shape index (κ2) is 15.6. The van der Waals surface area contributed by atoms with Gasteiger partial charge in [-0.25, -0.2) is 0 Å². The van der Waals surface area contributed by atoms with Crippen LogP contribution in [0.4, 0.5) is 0 Å². The lowest BCUT2D eigenvalue weighted by atomic mass is 10.2. The molecule has 0 aliphatic carbocycles. The van der Waals surface area contributed by atoms with Gasteiger partial charge in [-0.2, -0.15) is 0 Å². The molecule has 0 radical (unpaired) electrons. The Balaban J connectivity index is 0.000000254. The first-order valence-corrected chi connectivity index (χ1v) is 9.65. The highest BCUT2D eigenvalue weighted by Gasteiger charge is 2.09. The molecule has 1 heterocycles. The summed E-state index contributed by atoms with van der Waals surface area (Å²) in [6.45, 7) is 14.2. The number of hydrogen-bond acceptors (Lipinski definition) is 1. The molecule has 0 amide bonds. The van der Waals surface area contributed by atoms with Crippen molar-refractivity contribution in [2.75, 3.05) is 19.6 Å². The van der Waals surface area contributed by atoms with Crippen LogP contribution in [0.5, 0.6) is 0 Å². The standard InChI is InChI=1S/C14H19N.C8H8.C4H6/c1-2-8-14(9-3-1)10-4-5-11-15-12-6-7-13-15;1-2-8-6-4-3-5-7-8;1-3-4-2/h1-4,8-10H,5-7,11-13H2;2-7H,1H2;3-4H,1-2H2. The molecule has 142 valence electrons. The summed E-state index contributed by atoms with van der Waals surface area (Å²) in [5, 5.41) is 0. The monoisotopic (exact) mass is 359 g/mol. The maximum absolute atomic E-state index is 3.63. The molecule has 0 atom stereocenters. The topological polar surface area (TPSA) is 3.24 Å². The van der Waals surface area contributed by atoms with E-state index in [1.807, 2.05) is 36.4 Å². The second-order valence-electron chi connectivity index (χ2n) is 6.24. The van der Waals surface area contributed by atoms with Crippen LogP contribution < -0.4 is 0 Å². The third-order valence-electron chi connectivity index (χ3n) is 4.12. The van der Waals surface area contributed by atoms with Crippen molar-refractivity contribution in [3.63, 3.8) is 0 Å². The van der Waals surface area contributed by atoms with Crippen molar-refractivity contribution < 1.29 is 0 Å². The number of allylic oxidation sites excluding steroid dienone is 2. The van der Waals surface area contributed by atoms with Crippen LogP contribution in [0.2, 0.25) is 0 Å². The number of rotatable bonds is 6. The molecule has 1 nitrogen and oxygen atoms in total. The van der Waals surface area contributed by atoms with Crippen molar-refractivity contribution in [1.82, 2.24) is 4.90 Å². The van der Waals surface area contributed by atoms with Gasteiger partial charge in [-0.05, 0) is 43.5 Å². The fourth-order valence-corrected chi connectivity index (χ4v) is 2.64. The highest BCUT2D eigenvalue weighted by Crippen LogP contribution is 2.08. The average Bonchev–Trinajstić information content (AvgIpc) is 3.27. The number of benzene rings is 2. The van der Waals surface area contributed by atoms with Crippen LogP contribution in [-0.4, -0.2) is 24.5 Å². The maximum atomic E-state index is 3.63. The third-order valence-corrected chi connectivity index (χ3v) is 4.12. The maximum Gasteiger partial charge on any atom is 0.00160 e. The van der Waals surface area contributed by atoms with E-state index in [1.54, 1.807) is 12.2 Å². The largest absolute Gasteiger partial charge is 0.303 e. The van der Waals surface area contributed by atoms with Gasteiger partial charge >= 0.3 is 0 Å². The number of hydrogen-bond donors (Lipinski definition) is 0. The van der Waals surface area contributed by atoms with Gasteiger partial charge in [0.05, 0.1) is 0 Å². The van der Waals surface area contributed by atoms with Gasteiger partial charge in [-0.15, -0.1) is 0 Å². The molecular formula is C26H33N. The molecule has 1 aliphatic rings. The van der Waals surface area contributed by atoms with E-state index < -0.39 is 0 Å². The Morgan fingerprint density at radius 1 is 0.741 bits per heavy atom. The molecule has 0 spiro atoms. The Morgan fingerprint density at radius 2 is 1.26 bits per heavy atom. The van der Waals surface area contributed by atoms with Gasteiger partial charge in [0, 0.05) is 6.54 Å². The Kier molecular flexibility index (Phi) is 12.9. The van der Waals surface area contributed by atoms with E-state index in [9.17, 15) is 0 Å². The highest BCUT2D eigenvalue weighted by molar-refractivity contribution is 5.48. The zero-order valence-electron chi connectivity index (χ0n) is 16.5. The summed E-state index contributed by atoms with van der Waals surface area (Å²) in [6, 6.07) is 20.5. The molecule has 1 heteroatoms. The molecule has 1 saturated heterocycles. The van der Waals surface area contributed by atoms with E-state index in [1.165, 1.54) is 50.0 Å². The highest BCUT2D eigenvalue weighted by atomic mass is 15.1. The molecule has 0 aromatic heterocycles. The molecular weight excluding hydrogens is 326 g/mol. The fourth-order valence-electron chi connectivity index (χ4n) is 2.64. The first-order valence-electron chi connectivity index (χ1n) is 9.65. The minimum atomic E-state index is 1.17. The van der Waals surface area contributed by atoms with Crippen molar-refractivity contribution in [3.8, 4) is 0 Å². The van der Waals surface area contributed by atoms with Gasteiger partial charge < -0.3 is 4.90 Å². The van der Waals surface area contributed by atoms with Crippen LogP contribution >= 0.6 is 0 Å². The molecule has 0 N–H and O–H groups in total. The Bertz CT molecular complexity index is 643. The smallest absolute Gasteiger partial charge is 0.00160 e. The van der Waals surface area contributed by atoms with Crippen LogP contribution in [-0.2, 0) is 0 Å². The lowest BCUT2D eigenvalue weighted by Crippen LogP contribution is -2.19. The molecule has 1 aliphatic heterocycles. The molecule has 27 heavy (non-hydrogen) atoms. The number of likely N-dealkylation sites (tertiary alicyclic amines) is 1. The van der Waals surface area contributed by atoms with Crippen molar-refractivity contribution in [2.45, 2.75) is 19.3 Å². The summed E-state index contributed by atoms with van der Waals surface area (Å²) in [5.74, 6) is 0. The van der Waals surface area contributed by atoms with Crippen LogP contribution in [0.3, 0.4) is 0 Å². The van der Waals surface area contributed by atoms with E-state index in [-0.39, 0.29) is 0 Å². The van der Waals surface area contributed by atoms with Crippen LogP contribution in [0.15, 0.2) is 98.6 Å². The van der Waals surface area contributed by atoms with Gasteiger partial charge in [0.2, 0.25) is 0 Å². The van der Waals surface area contributed by atoms with Crippen molar-refractivity contribution in [3.05, 3.63) is 110 Å². The minimum Gasteiger partial charge on any atom is -0.303 e. The summed E-state index contributed by atoms with van der Waals surface area (Å²) in [4.78, 5) is 2.55. The minimum absolute atomic E-state index is 1.17. The summed E-state index contributed by atoms with van der Waals surface area (Å²) >= 11 is 0. The van der Waals surface area contributed by atoms with Crippen molar-refractivity contribution >= 4 is 12.2 Å². The molecule has 2 aromatic rings. The fraction of sp³-hybridized carbons (Fsp3) is 0.231. The van der Waals surface area contributed by atoms with Crippen molar-refractivity contribution in [1.29, 1.82) is 0 Å². The molecule has 0 unspecified atom stereocenters. The van der Waals surface area contributed by atoms with Crippen LogP contribution in [0, 0.1) is 0 Å². The van der Waals surface area contributed by atoms with Crippen LogP contribution in [0.25, 0.3) is 12.2 Å².